The highest BCUT2D eigenvalue weighted by molar-refractivity contribution is 9.10. The van der Waals surface area contributed by atoms with Gasteiger partial charge in [-0.2, -0.15) is 13.2 Å². The average molecular weight is 379 g/mol. The topological polar surface area (TPSA) is 24.9 Å². The first-order valence-corrected chi connectivity index (χ1v) is 8.11. The molecule has 2 aromatic rings. The summed E-state index contributed by atoms with van der Waals surface area (Å²) >= 11 is 4.56. The van der Waals surface area contributed by atoms with Crippen LogP contribution >= 0.6 is 27.3 Å². The van der Waals surface area contributed by atoms with E-state index in [4.69, 9.17) is 0 Å². The minimum Gasteiger partial charge on any atom is -0.362 e. The number of thiophene rings is 1. The molecule has 0 aromatic carbocycles. The van der Waals surface area contributed by atoms with Crippen LogP contribution in [0.2, 0.25) is 0 Å². The number of rotatable bonds is 5. The zero-order valence-corrected chi connectivity index (χ0v) is 13.6. The monoisotopic (exact) mass is 378 g/mol. The van der Waals surface area contributed by atoms with Gasteiger partial charge in [0.25, 0.3) is 0 Å². The third-order valence-corrected chi connectivity index (χ3v) is 4.35. The fourth-order valence-electron chi connectivity index (χ4n) is 2.00. The molecule has 0 amide bonds. The molecule has 0 aliphatic rings. The number of nitrogens with zero attached hydrogens (tertiary/aromatic N) is 1. The van der Waals surface area contributed by atoms with E-state index >= 15 is 0 Å². The number of nitrogens with one attached hydrogen (secondary N) is 1. The van der Waals surface area contributed by atoms with Gasteiger partial charge in [-0.3, -0.25) is 0 Å². The van der Waals surface area contributed by atoms with Crippen molar-refractivity contribution in [2.75, 3.05) is 5.32 Å². The van der Waals surface area contributed by atoms with Gasteiger partial charge in [0.2, 0.25) is 0 Å². The van der Waals surface area contributed by atoms with E-state index in [0.29, 0.717) is 4.47 Å². The highest BCUT2D eigenvalue weighted by Gasteiger charge is 2.35. The summed E-state index contributed by atoms with van der Waals surface area (Å²) in [5, 5.41) is 4.86. The van der Waals surface area contributed by atoms with E-state index in [2.05, 4.69) is 26.2 Å². The van der Waals surface area contributed by atoms with E-state index in [-0.39, 0.29) is 11.9 Å². The largest absolute Gasteiger partial charge is 0.419 e. The molecule has 7 heteroatoms. The maximum atomic E-state index is 13.1. The van der Waals surface area contributed by atoms with Crippen molar-refractivity contribution in [1.29, 1.82) is 0 Å². The fourth-order valence-corrected chi connectivity index (χ4v) is 3.14. The molecule has 0 aliphatic carbocycles. The highest BCUT2D eigenvalue weighted by atomic mass is 79.9. The quantitative estimate of drug-likeness (QED) is 0.702. The Balaban J connectivity index is 2.33. The molecule has 0 bridgehead atoms. The van der Waals surface area contributed by atoms with Crippen LogP contribution in [0.1, 0.15) is 36.2 Å². The van der Waals surface area contributed by atoms with Gasteiger partial charge in [0.15, 0.2) is 0 Å². The first kappa shape index (κ1) is 16.3. The molecule has 2 heterocycles. The molecule has 2 rings (SSSR count). The molecule has 2 nitrogen and oxygen atoms in total. The Morgan fingerprint density at radius 1 is 1.43 bits per heavy atom. The van der Waals surface area contributed by atoms with Crippen molar-refractivity contribution in [3.8, 4) is 0 Å². The van der Waals surface area contributed by atoms with E-state index in [1.165, 1.54) is 17.5 Å². The van der Waals surface area contributed by atoms with Crippen molar-refractivity contribution in [1.82, 2.24) is 4.98 Å². The van der Waals surface area contributed by atoms with Crippen LogP contribution in [-0.2, 0) is 6.18 Å². The first-order valence-electron chi connectivity index (χ1n) is 6.44. The van der Waals surface area contributed by atoms with Crippen molar-refractivity contribution in [3.05, 3.63) is 44.7 Å². The Kier molecular flexibility index (Phi) is 5.27. The predicted molar refractivity (Wildman–Crippen MR) is 82.5 cm³/mol. The van der Waals surface area contributed by atoms with Crippen LogP contribution < -0.4 is 5.32 Å². The summed E-state index contributed by atoms with van der Waals surface area (Å²) in [7, 11) is 0. The predicted octanol–water partition coefficient (Wildman–Crippen LogP) is 5.88. The van der Waals surface area contributed by atoms with Gasteiger partial charge in [-0.25, -0.2) is 4.98 Å². The average Bonchev–Trinajstić information content (AvgIpc) is 2.93. The molecule has 0 fully saturated rings. The van der Waals surface area contributed by atoms with E-state index < -0.39 is 11.7 Å². The molecule has 114 valence electrons. The maximum absolute atomic E-state index is 13.1. The second-order valence-electron chi connectivity index (χ2n) is 4.55. The fraction of sp³-hybridized carbons (Fsp3) is 0.357. The van der Waals surface area contributed by atoms with Gasteiger partial charge >= 0.3 is 6.18 Å². The Bertz CT molecular complexity index is 584. The summed E-state index contributed by atoms with van der Waals surface area (Å²) in [5.74, 6) is -0.127. The lowest BCUT2D eigenvalue weighted by Gasteiger charge is -2.20. The van der Waals surface area contributed by atoms with Crippen molar-refractivity contribution >= 4 is 33.1 Å². The number of anilines is 1. The minimum absolute atomic E-state index is 0.127. The molecular formula is C14H14BrF3N2S. The van der Waals surface area contributed by atoms with Crippen molar-refractivity contribution in [2.24, 2.45) is 0 Å². The lowest BCUT2D eigenvalue weighted by molar-refractivity contribution is -0.137. The van der Waals surface area contributed by atoms with E-state index in [1.807, 2.05) is 24.4 Å². The Hall–Kier alpha value is -1.08. The molecule has 21 heavy (non-hydrogen) atoms. The lowest BCUT2D eigenvalue weighted by atomic mass is 10.1. The lowest BCUT2D eigenvalue weighted by Crippen LogP contribution is -2.16. The summed E-state index contributed by atoms with van der Waals surface area (Å²) < 4.78 is 39.6. The van der Waals surface area contributed by atoms with Crippen molar-refractivity contribution in [2.45, 2.75) is 32.0 Å². The highest BCUT2D eigenvalue weighted by Crippen LogP contribution is 2.37. The van der Waals surface area contributed by atoms with Gasteiger partial charge in [-0.1, -0.05) is 19.4 Å². The van der Waals surface area contributed by atoms with E-state index in [0.717, 1.165) is 23.8 Å². The van der Waals surface area contributed by atoms with Gasteiger partial charge in [-0.15, -0.1) is 11.3 Å². The molecule has 2 aromatic heterocycles. The van der Waals surface area contributed by atoms with Crippen LogP contribution in [0.4, 0.5) is 19.0 Å². The number of aromatic nitrogens is 1. The van der Waals surface area contributed by atoms with Crippen LogP contribution in [0.25, 0.3) is 0 Å². The molecule has 0 saturated carbocycles. The van der Waals surface area contributed by atoms with Crippen molar-refractivity contribution < 1.29 is 13.2 Å². The molecule has 0 radical (unpaired) electrons. The van der Waals surface area contributed by atoms with Gasteiger partial charge in [0.05, 0.1) is 11.6 Å². The second-order valence-corrected chi connectivity index (χ2v) is 6.44. The molecule has 1 atom stereocenters. The normalized spacial score (nSPS) is 13.2. The van der Waals surface area contributed by atoms with Crippen LogP contribution in [0.3, 0.4) is 0 Å². The molecule has 1 unspecified atom stereocenters. The first-order chi connectivity index (χ1) is 9.91. The van der Waals surface area contributed by atoms with E-state index in [1.54, 1.807) is 0 Å². The summed E-state index contributed by atoms with van der Waals surface area (Å²) in [4.78, 5) is 4.91. The number of halogens is 4. The zero-order valence-electron chi connectivity index (χ0n) is 11.2. The smallest absolute Gasteiger partial charge is 0.362 e. The summed E-state index contributed by atoms with van der Waals surface area (Å²) in [6, 6.07) is 4.70. The second kappa shape index (κ2) is 6.79. The van der Waals surface area contributed by atoms with Crippen LogP contribution in [0.5, 0.6) is 0 Å². The minimum atomic E-state index is -4.44. The molecule has 0 aliphatic heterocycles. The Morgan fingerprint density at radius 3 is 2.76 bits per heavy atom. The molecule has 0 spiro atoms. The Labute approximate surface area is 133 Å². The van der Waals surface area contributed by atoms with Gasteiger partial charge in [0, 0.05) is 15.5 Å². The number of hydrogen-bond acceptors (Lipinski definition) is 3. The van der Waals surface area contributed by atoms with Gasteiger partial charge in [-0.05, 0) is 39.9 Å². The van der Waals surface area contributed by atoms with Crippen LogP contribution in [0, 0.1) is 0 Å². The van der Waals surface area contributed by atoms with Gasteiger partial charge in [0.1, 0.15) is 5.82 Å². The van der Waals surface area contributed by atoms with Crippen molar-refractivity contribution in [3.63, 3.8) is 0 Å². The SMILES string of the molecule is CCCC(Nc1ncc(Br)cc1C(F)(F)F)c1cccs1. The number of pyridine rings is 1. The summed E-state index contributed by atoms with van der Waals surface area (Å²) in [6.45, 7) is 2.00. The molecule has 0 saturated heterocycles. The summed E-state index contributed by atoms with van der Waals surface area (Å²) in [5.41, 5.74) is -0.755. The van der Waals surface area contributed by atoms with E-state index in [9.17, 15) is 13.2 Å². The van der Waals surface area contributed by atoms with Crippen LogP contribution in [-0.4, -0.2) is 4.98 Å². The maximum Gasteiger partial charge on any atom is 0.419 e. The zero-order chi connectivity index (χ0) is 15.5. The summed E-state index contributed by atoms with van der Waals surface area (Å²) in [6.07, 6.45) is -1.46. The molecular weight excluding hydrogens is 365 g/mol. The third kappa shape index (κ3) is 4.20. The van der Waals surface area contributed by atoms with Gasteiger partial charge < -0.3 is 5.32 Å². The third-order valence-electron chi connectivity index (χ3n) is 2.93. The standard InChI is InChI=1S/C14H14BrF3N2S/c1-2-4-11(12-5-3-6-21-12)20-13-10(14(16,17)18)7-9(15)8-19-13/h3,5-8,11H,2,4H2,1H3,(H,19,20). The Morgan fingerprint density at radius 2 is 2.19 bits per heavy atom. The van der Waals surface area contributed by atoms with Crippen LogP contribution in [0.15, 0.2) is 34.2 Å². The number of alkyl halides is 3. The molecule has 1 N–H and O–H groups in total. The number of hydrogen-bond donors (Lipinski definition) is 1.